The lowest BCUT2D eigenvalue weighted by atomic mass is 10.2. The van der Waals surface area contributed by atoms with Crippen LogP contribution in [0.25, 0.3) is 0 Å². The van der Waals surface area contributed by atoms with E-state index in [0.717, 1.165) is 0 Å². The number of anilines is 1. The number of nitrogens with zero attached hydrogens (tertiary/aromatic N) is 4. The molecule has 0 spiro atoms. The lowest BCUT2D eigenvalue weighted by Crippen LogP contribution is -2.25. The van der Waals surface area contributed by atoms with E-state index >= 15 is 0 Å². The third-order valence-electron chi connectivity index (χ3n) is 4.07. The number of benzene rings is 1. The summed E-state index contributed by atoms with van der Waals surface area (Å²) in [5.41, 5.74) is 1.01. The van der Waals surface area contributed by atoms with Gasteiger partial charge in [0.2, 0.25) is 5.91 Å². The van der Waals surface area contributed by atoms with Crippen molar-refractivity contribution in [1.82, 2.24) is 19.6 Å². The smallest absolute Gasteiger partial charge is 0.250 e. The van der Waals surface area contributed by atoms with Crippen molar-refractivity contribution in [2.24, 2.45) is 0 Å². The maximum Gasteiger partial charge on any atom is 0.250 e. The molecule has 3 rings (SSSR count). The number of amides is 1. The Morgan fingerprint density at radius 2 is 2.11 bits per heavy atom. The maximum absolute atomic E-state index is 14.0. The first kappa shape index (κ1) is 19.9. The number of carbonyl (C=O) groups excluding carboxylic acids is 1. The number of hydrogen-bond donors (Lipinski definition) is 1. The van der Waals surface area contributed by atoms with Gasteiger partial charge < -0.3 is 5.32 Å². The van der Waals surface area contributed by atoms with E-state index in [-0.39, 0.29) is 12.5 Å². The van der Waals surface area contributed by atoms with Crippen molar-refractivity contribution in [3.05, 3.63) is 62.2 Å². The van der Waals surface area contributed by atoms with Crippen molar-refractivity contribution in [1.29, 1.82) is 0 Å². The van der Waals surface area contributed by atoms with Gasteiger partial charge in [-0.05, 0) is 41.9 Å². The molecule has 2 aromatic heterocycles. The van der Waals surface area contributed by atoms with Crippen molar-refractivity contribution in [3.8, 4) is 0 Å². The van der Waals surface area contributed by atoms with Gasteiger partial charge in [0.25, 0.3) is 0 Å². The monoisotopic (exact) mass is 473 g/mol. The summed E-state index contributed by atoms with van der Waals surface area (Å²) < 4.78 is 17.5. The van der Waals surface area contributed by atoms with E-state index < -0.39 is 11.9 Å². The van der Waals surface area contributed by atoms with E-state index in [1.165, 1.54) is 27.7 Å². The van der Waals surface area contributed by atoms with Crippen LogP contribution in [-0.2, 0) is 11.3 Å². The Kier molecular flexibility index (Phi) is 5.88. The van der Waals surface area contributed by atoms with E-state index in [1.54, 1.807) is 26.1 Å². The number of rotatable bonds is 5. The van der Waals surface area contributed by atoms with Gasteiger partial charge in [0, 0.05) is 16.8 Å². The third-order valence-corrected chi connectivity index (χ3v) is 5.38. The Hall–Kier alpha value is -1.90. The van der Waals surface area contributed by atoms with Gasteiger partial charge in [0.05, 0.1) is 27.9 Å². The SMILES string of the molecule is Cc1c(Cl)cnn1C(C)C(=O)Nc1nn(Cc2c(F)cccc2Cl)cc1Br. The Balaban J connectivity index is 1.77. The van der Waals surface area contributed by atoms with Gasteiger partial charge in [-0.25, -0.2) is 4.39 Å². The van der Waals surface area contributed by atoms with Crippen molar-refractivity contribution in [2.45, 2.75) is 26.4 Å². The van der Waals surface area contributed by atoms with Crippen LogP contribution >= 0.6 is 39.1 Å². The van der Waals surface area contributed by atoms with Gasteiger partial charge in [-0.15, -0.1) is 0 Å². The Bertz CT molecular complexity index is 983. The van der Waals surface area contributed by atoms with Crippen LogP contribution < -0.4 is 5.32 Å². The van der Waals surface area contributed by atoms with E-state index in [0.29, 0.717) is 31.6 Å². The summed E-state index contributed by atoms with van der Waals surface area (Å²) in [7, 11) is 0. The molecular formula is C17H15BrCl2FN5O. The zero-order chi connectivity index (χ0) is 19.7. The van der Waals surface area contributed by atoms with Gasteiger partial charge in [0.1, 0.15) is 11.9 Å². The molecule has 6 nitrogen and oxygen atoms in total. The molecule has 1 atom stereocenters. The zero-order valence-corrected chi connectivity index (χ0v) is 17.5. The highest BCUT2D eigenvalue weighted by molar-refractivity contribution is 9.10. The van der Waals surface area contributed by atoms with Crippen LogP contribution in [0.4, 0.5) is 10.2 Å². The molecule has 1 aromatic carbocycles. The molecule has 1 N–H and O–H groups in total. The summed E-state index contributed by atoms with van der Waals surface area (Å²) in [6.07, 6.45) is 3.13. The Morgan fingerprint density at radius 3 is 2.74 bits per heavy atom. The molecule has 0 bridgehead atoms. The van der Waals surface area contributed by atoms with Crippen LogP contribution in [0.2, 0.25) is 10.0 Å². The van der Waals surface area contributed by atoms with Crippen LogP contribution in [0, 0.1) is 12.7 Å². The molecule has 0 saturated carbocycles. The molecule has 0 fully saturated rings. The molecule has 10 heteroatoms. The molecule has 0 aliphatic rings. The molecular weight excluding hydrogens is 460 g/mol. The number of halogens is 4. The lowest BCUT2D eigenvalue weighted by Gasteiger charge is -2.13. The normalized spacial score (nSPS) is 12.2. The van der Waals surface area contributed by atoms with E-state index in [4.69, 9.17) is 23.2 Å². The van der Waals surface area contributed by atoms with Crippen LogP contribution in [0.1, 0.15) is 24.2 Å². The Morgan fingerprint density at radius 1 is 1.37 bits per heavy atom. The average molecular weight is 475 g/mol. The summed E-state index contributed by atoms with van der Waals surface area (Å²) in [6.45, 7) is 3.61. The number of carbonyl (C=O) groups is 1. The molecule has 0 aliphatic carbocycles. The fourth-order valence-corrected chi connectivity index (χ4v) is 3.30. The first-order valence-electron chi connectivity index (χ1n) is 7.94. The number of nitrogens with one attached hydrogen (secondary N) is 1. The van der Waals surface area contributed by atoms with Gasteiger partial charge in [-0.2, -0.15) is 10.2 Å². The molecule has 2 heterocycles. The zero-order valence-electron chi connectivity index (χ0n) is 14.4. The highest BCUT2D eigenvalue weighted by atomic mass is 79.9. The second-order valence-electron chi connectivity index (χ2n) is 5.91. The molecule has 0 saturated heterocycles. The fourth-order valence-electron chi connectivity index (χ4n) is 2.53. The predicted octanol–water partition coefficient (Wildman–Crippen LogP) is 4.84. The summed E-state index contributed by atoms with van der Waals surface area (Å²) in [5, 5.41) is 11.9. The summed E-state index contributed by atoms with van der Waals surface area (Å²) in [4.78, 5) is 12.5. The van der Waals surface area contributed by atoms with Crippen molar-refractivity contribution < 1.29 is 9.18 Å². The molecule has 142 valence electrons. The van der Waals surface area contributed by atoms with Crippen LogP contribution in [-0.4, -0.2) is 25.5 Å². The topological polar surface area (TPSA) is 64.7 Å². The molecule has 0 aliphatic heterocycles. The fraction of sp³-hybridized carbons (Fsp3) is 0.235. The molecule has 1 unspecified atom stereocenters. The molecule has 1 amide bonds. The maximum atomic E-state index is 14.0. The standard InChI is InChI=1S/C17H15BrCl2FN5O/c1-9-14(20)6-22-26(9)10(2)17(27)23-16-12(18)8-25(24-16)7-11-13(19)4-3-5-15(11)21/h3-6,8,10H,7H2,1-2H3,(H,23,24,27). The van der Waals surface area contributed by atoms with Crippen LogP contribution in [0.15, 0.2) is 35.1 Å². The first-order valence-corrected chi connectivity index (χ1v) is 9.49. The van der Waals surface area contributed by atoms with Gasteiger partial charge in [-0.3, -0.25) is 14.2 Å². The van der Waals surface area contributed by atoms with Gasteiger partial charge in [0.15, 0.2) is 5.82 Å². The first-order chi connectivity index (χ1) is 12.8. The Labute approximate surface area is 173 Å². The minimum Gasteiger partial charge on any atom is -0.306 e. The second-order valence-corrected chi connectivity index (χ2v) is 7.58. The van der Waals surface area contributed by atoms with Crippen LogP contribution in [0.3, 0.4) is 0 Å². The highest BCUT2D eigenvalue weighted by Crippen LogP contribution is 2.25. The predicted molar refractivity (Wildman–Crippen MR) is 106 cm³/mol. The van der Waals surface area contributed by atoms with Crippen molar-refractivity contribution in [3.63, 3.8) is 0 Å². The van der Waals surface area contributed by atoms with Crippen molar-refractivity contribution in [2.75, 3.05) is 5.32 Å². The summed E-state index contributed by atoms with van der Waals surface area (Å²) >= 11 is 15.4. The lowest BCUT2D eigenvalue weighted by molar-refractivity contribution is -0.119. The third kappa shape index (κ3) is 4.17. The minimum atomic E-state index is -0.587. The van der Waals surface area contributed by atoms with Crippen LogP contribution in [0.5, 0.6) is 0 Å². The summed E-state index contributed by atoms with van der Waals surface area (Å²) in [6, 6.07) is 3.90. The van der Waals surface area contributed by atoms with E-state index in [1.807, 2.05) is 0 Å². The van der Waals surface area contributed by atoms with Gasteiger partial charge >= 0.3 is 0 Å². The molecule has 3 aromatic rings. The molecule has 0 radical (unpaired) electrons. The van der Waals surface area contributed by atoms with E-state index in [9.17, 15) is 9.18 Å². The quantitative estimate of drug-likeness (QED) is 0.575. The van der Waals surface area contributed by atoms with Crippen molar-refractivity contribution >= 4 is 50.9 Å². The van der Waals surface area contributed by atoms with E-state index in [2.05, 4.69) is 31.4 Å². The largest absolute Gasteiger partial charge is 0.306 e. The second kappa shape index (κ2) is 8.00. The van der Waals surface area contributed by atoms with Gasteiger partial charge in [-0.1, -0.05) is 29.3 Å². The molecule has 27 heavy (non-hydrogen) atoms. The number of aromatic nitrogens is 4. The summed E-state index contributed by atoms with van der Waals surface area (Å²) in [5.74, 6) is -0.415. The minimum absolute atomic E-state index is 0.128. The highest BCUT2D eigenvalue weighted by Gasteiger charge is 2.21. The average Bonchev–Trinajstić information content (AvgIpc) is 3.13. The number of hydrogen-bond acceptors (Lipinski definition) is 3.